The zero-order chi connectivity index (χ0) is 22.6. The average molecular weight is 443 g/mol. The van der Waals surface area contributed by atoms with Crippen LogP contribution in [0.2, 0.25) is 0 Å². The van der Waals surface area contributed by atoms with Gasteiger partial charge in [-0.05, 0) is 23.3 Å². The summed E-state index contributed by atoms with van der Waals surface area (Å²) in [4.78, 5) is 31.1. The minimum Gasteiger partial charge on any atom is -0.497 e. The van der Waals surface area contributed by atoms with Crippen LogP contribution in [0.4, 0.5) is 5.95 Å². The number of benzene rings is 2. The Morgan fingerprint density at radius 2 is 1.61 bits per heavy atom. The molecule has 1 aliphatic heterocycles. The molecule has 33 heavy (non-hydrogen) atoms. The predicted molar refractivity (Wildman–Crippen MR) is 128 cm³/mol. The molecule has 1 fully saturated rings. The highest BCUT2D eigenvalue weighted by molar-refractivity contribution is 5.73. The van der Waals surface area contributed by atoms with Crippen LogP contribution >= 0.6 is 0 Å². The van der Waals surface area contributed by atoms with Crippen molar-refractivity contribution in [2.75, 3.05) is 38.2 Å². The van der Waals surface area contributed by atoms with Crippen molar-refractivity contribution in [1.82, 2.24) is 24.4 Å². The average Bonchev–Trinajstić information content (AvgIpc) is 2.87. The van der Waals surface area contributed by atoms with Crippen LogP contribution in [0.5, 0.6) is 5.75 Å². The number of ether oxygens (including phenoxy) is 1. The second-order valence-electron chi connectivity index (χ2n) is 8.18. The van der Waals surface area contributed by atoms with Crippen LogP contribution in [-0.4, -0.2) is 57.7 Å². The summed E-state index contributed by atoms with van der Waals surface area (Å²) in [7, 11) is 1.63. The molecule has 0 unspecified atom stereocenters. The van der Waals surface area contributed by atoms with Crippen molar-refractivity contribution in [3.63, 3.8) is 0 Å². The molecule has 1 aliphatic rings. The van der Waals surface area contributed by atoms with Crippen molar-refractivity contribution in [2.45, 2.75) is 13.1 Å². The molecule has 0 saturated carbocycles. The van der Waals surface area contributed by atoms with Crippen LogP contribution in [-0.2, 0) is 13.1 Å². The number of aromatic nitrogens is 4. The van der Waals surface area contributed by atoms with Crippen molar-refractivity contribution in [1.29, 1.82) is 0 Å². The third-order valence-corrected chi connectivity index (χ3v) is 5.98. The van der Waals surface area contributed by atoms with Gasteiger partial charge in [0.2, 0.25) is 5.95 Å². The highest BCUT2D eigenvalue weighted by Crippen LogP contribution is 2.16. The van der Waals surface area contributed by atoms with Crippen LogP contribution in [0.15, 0.2) is 71.9 Å². The van der Waals surface area contributed by atoms with Gasteiger partial charge in [0.25, 0.3) is 5.56 Å². The number of rotatable bonds is 6. The van der Waals surface area contributed by atoms with Crippen molar-refractivity contribution in [3.05, 3.63) is 88.6 Å². The molecule has 0 bridgehead atoms. The smallest absolute Gasteiger partial charge is 0.264 e. The number of piperazine rings is 1. The van der Waals surface area contributed by atoms with E-state index < -0.39 is 0 Å². The molecule has 0 atom stereocenters. The van der Waals surface area contributed by atoms with Gasteiger partial charge in [-0.15, -0.1) is 0 Å². The highest BCUT2D eigenvalue weighted by atomic mass is 16.5. The van der Waals surface area contributed by atoms with E-state index in [1.54, 1.807) is 24.2 Å². The monoisotopic (exact) mass is 442 g/mol. The fraction of sp³-hybridized carbons (Fsp3) is 0.280. The first kappa shape index (κ1) is 21.1. The van der Waals surface area contributed by atoms with E-state index in [2.05, 4.69) is 49.0 Å². The Labute approximate surface area is 192 Å². The van der Waals surface area contributed by atoms with Gasteiger partial charge in [-0.3, -0.25) is 14.3 Å². The van der Waals surface area contributed by atoms with E-state index in [0.717, 1.165) is 44.0 Å². The van der Waals surface area contributed by atoms with Gasteiger partial charge >= 0.3 is 0 Å². The summed E-state index contributed by atoms with van der Waals surface area (Å²) in [6.45, 7) is 4.93. The van der Waals surface area contributed by atoms with Gasteiger partial charge in [-0.25, -0.2) is 9.97 Å². The lowest BCUT2D eigenvalue weighted by Crippen LogP contribution is -2.46. The van der Waals surface area contributed by atoms with Crippen LogP contribution in [0.1, 0.15) is 11.1 Å². The number of hydrogen-bond acceptors (Lipinski definition) is 7. The molecule has 0 radical (unpaired) electrons. The molecule has 8 nitrogen and oxygen atoms in total. The first-order valence-corrected chi connectivity index (χ1v) is 11.1. The minimum absolute atomic E-state index is 0.143. The fourth-order valence-corrected chi connectivity index (χ4v) is 4.08. The molecule has 3 heterocycles. The van der Waals surface area contributed by atoms with Gasteiger partial charge in [0.1, 0.15) is 17.5 Å². The van der Waals surface area contributed by atoms with Crippen LogP contribution in [0, 0.1) is 0 Å². The summed E-state index contributed by atoms with van der Waals surface area (Å²) in [5, 5.41) is 0.428. The van der Waals surface area contributed by atoms with Crippen LogP contribution < -0.4 is 15.2 Å². The molecule has 2 aromatic carbocycles. The zero-order valence-electron chi connectivity index (χ0n) is 18.6. The van der Waals surface area contributed by atoms with E-state index in [-0.39, 0.29) is 5.56 Å². The Morgan fingerprint density at radius 3 is 2.33 bits per heavy atom. The topological polar surface area (TPSA) is 76.4 Å². The molecule has 2 aromatic heterocycles. The lowest BCUT2D eigenvalue weighted by molar-refractivity contribution is 0.249. The summed E-state index contributed by atoms with van der Waals surface area (Å²) in [5.41, 5.74) is 2.60. The minimum atomic E-state index is -0.143. The first-order valence-electron chi connectivity index (χ1n) is 11.1. The van der Waals surface area contributed by atoms with Gasteiger partial charge < -0.3 is 9.64 Å². The number of anilines is 1. The van der Waals surface area contributed by atoms with E-state index in [4.69, 9.17) is 4.74 Å². The molecule has 0 amide bonds. The maximum atomic E-state index is 13.0. The molecule has 0 N–H and O–H groups in total. The Hall–Kier alpha value is -3.78. The van der Waals surface area contributed by atoms with Gasteiger partial charge in [-0.2, -0.15) is 4.98 Å². The normalized spacial score (nSPS) is 14.5. The summed E-state index contributed by atoms with van der Waals surface area (Å²) in [5.74, 6) is 1.41. The second kappa shape index (κ2) is 9.38. The van der Waals surface area contributed by atoms with Crippen molar-refractivity contribution >= 4 is 17.0 Å². The first-order chi connectivity index (χ1) is 16.2. The van der Waals surface area contributed by atoms with Gasteiger partial charge in [0, 0.05) is 38.9 Å². The molecule has 5 rings (SSSR count). The fourth-order valence-electron chi connectivity index (χ4n) is 4.08. The van der Waals surface area contributed by atoms with E-state index in [9.17, 15) is 4.79 Å². The van der Waals surface area contributed by atoms with Crippen molar-refractivity contribution < 1.29 is 4.74 Å². The summed E-state index contributed by atoms with van der Waals surface area (Å²) < 4.78 is 6.77. The number of nitrogens with zero attached hydrogens (tertiary/aromatic N) is 6. The third kappa shape index (κ3) is 4.70. The van der Waals surface area contributed by atoms with E-state index in [1.807, 2.05) is 30.3 Å². The SMILES string of the molecule is COc1ccc(Cn2cnc3nc(N4CCN(Cc5ccccc5)CC4)ncc3c2=O)cc1. The second-order valence-corrected chi connectivity index (χ2v) is 8.18. The van der Waals surface area contributed by atoms with E-state index in [0.29, 0.717) is 23.5 Å². The summed E-state index contributed by atoms with van der Waals surface area (Å²) >= 11 is 0. The van der Waals surface area contributed by atoms with Crippen LogP contribution in [0.3, 0.4) is 0 Å². The Bertz CT molecular complexity index is 1280. The van der Waals surface area contributed by atoms with Gasteiger partial charge in [0.05, 0.1) is 13.7 Å². The lowest BCUT2D eigenvalue weighted by Gasteiger charge is -2.34. The molecule has 8 heteroatoms. The lowest BCUT2D eigenvalue weighted by atomic mass is 10.2. The summed E-state index contributed by atoms with van der Waals surface area (Å²) in [6, 6.07) is 18.1. The quantitative estimate of drug-likeness (QED) is 0.454. The highest BCUT2D eigenvalue weighted by Gasteiger charge is 2.20. The molecular formula is C25H26N6O2. The van der Waals surface area contributed by atoms with E-state index in [1.165, 1.54) is 5.56 Å². The Morgan fingerprint density at radius 1 is 0.879 bits per heavy atom. The molecular weight excluding hydrogens is 416 g/mol. The predicted octanol–water partition coefficient (Wildman–Crippen LogP) is 2.57. The van der Waals surface area contributed by atoms with Crippen molar-refractivity contribution in [3.8, 4) is 5.75 Å². The third-order valence-electron chi connectivity index (χ3n) is 5.98. The Kier molecular flexibility index (Phi) is 5.99. The standard InChI is InChI=1S/C25H26N6O2/c1-33-21-9-7-20(8-10-21)17-31-18-27-23-22(24(31)32)15-26-25(28-23)30-13-11-29(12-14-30)16-19-5-3-2-4-6-19/h2-10,15,18H,11-14,16-17H2,1H3. The maximum Gasteiger partial charge on any atom is 0.264 e. The van der Waals surface area contributed by atoms with Crippen molar-refractivity contribution in [2.24, 2.45) is 0 Å². The van der Waals surface area contributed by atoms with E-state index >= 15 is 0 Å². The summed E-state index contributed by atoms with van der Waals surface area (Å²) in [6.07, 6.45) is 3.16. The van der Waals surface area contributed by atoms with Crippen LogP contribution in [0.25, 0.3) is 11.0 Å². The van der Waals surface area contributed by atoms with Gasteiger partial charge in [-0.1, -0.05) is 42.5 Å². The number of fused-ring (bicyclic) bond motifs is 1. The molecule has 0 spiro atoms. The molecule has 4 aromatic rings. The molecule has 1 saturated heterocycles. The maximum absolute atomic E-state index is 13.0. The van der Waals surface area contributed by atoms with Gasteiger partial charge in [0.15, 0.2) is 5.65 Å². The largest absolute Gasteiger partial charge is 0.497 e. The molecule has 0 aliphatic carbocycles. The molecule has 168 valence electrons. The Balaban J connectivity index is 1.28. The number of hydrogen-bond donors (Lipinski definition) is 0. The number of methoxy groups -OCH3 is 1. The zero-order valence-corrected chi connectivity index (χ0v) is 18.6.